The van der Waals surface area contributed by atoms with Crippen molar-refractivity contribution in [2.45, 2.75) is 0 Å². The third-order valence-electron chi connectivity index (χ3n) is 15.5. The lowest BCUT2D eigenvalue weighted by molar-refractivity contribution is 1.16. The maximum Gasteiger partial charge on any atom is 0.160 e. The fourth-order valence-corrected chi connectivity index (χ4v) is 12.3. The lowest BCUT2D eigenvalue weighted by atomic mass is 10.0. The summed E-state index contributed by atoms with van der Waals surface area (Å²) in [5, 5.41) is 9.63. The first-order valence-corrected chi connectivity index (χ1v) is 25.9. The Labute approximate surface area is 436 Å². The second kappa shape index (κ2) is 16.6. The number of nitrogens with zero attached hydrogens (tertiary/aromatic N) is 6. The predicted molar refractivity (Wildman–Crippen MR) is 316 cm³/mol. The number of fused-ring (bicyclic) bond motifs is 14. The van der Waals surface area contributed by atoms with Crippen LogP contribution in [0.5, 0.6) is 0 Å². The van der Waals surface area contributed by atoms with Gasteiger partial charge < -0.3 is 18.3 Å². The van der Waals surface area contributed by atoms with Crippen molar-refractivity contribution in [1.82, 2.24) is 28.2 Å². The van der Waals surface area contributed by atoms with Gasteiger partial charge in [0.2, 0.25) is 0 Å². The summed E-state index contributed by atoms with van der Waals surface area (Å²) >= 11 is 0. The number of hydrogen-bond donors (Lipinski definition) is 0. The molecular formula is C70H44N6. The Balaban J connectivity index is 0.977. The largest absolute Gasteiger partial charge is 0.309 e. The average molecular weight is 969 g/mol. The molecule has 6 heteroatoms. The Morgan fingerprint density at radius 2 is 0.645 bits per heavy atom. The number of para-hydroxylation sites is 5. The first kappa shape index (κ1) is 42.2. The van der Waals surface area contributed by atoms with E-state index >= 15 is 0 Å². The maximum absolute atomic E-state index is 5.27. The topological polar surface area (TPSA) is 45.5 Å². The molecule has 76 heavy (non-hydrogen) atoms. The molecule has 0 aliphatic carbocycles. The molecule has 0 fully saturated rings. The van der Waals surface area contributed by atoms with Crippen molar-refractivity contribution in [3.8, 4) is 56.7 Å². The van der Waals surface area contributed by atoms with Gasteiger partial charge in [-0.05, 0) is 91.0 Å². The van der Waals surface area contributed by atoms with Crippen molar-refractivity contribution < 1.29 is 0 Å². The van der Waals surface area contributed by atoms with E-state index in [4.69, 9.17) is 9.97 Å². The van der Waals surface area contributed by atoms with Crippen LogP contribution in [-0.2, 0) is 0 Å². The van der Waals surface area contributed by atoms with E-state index in [-0.39, 0.29) is 0 Å². The van der Waals surface area contributed by atoms with Gasteiger partial charge in [0.25, 0.3) is 0 Å². The maximum atomic E-state index is 5.27. The van der Waals surface area contributed by atoms with Gasteiger partial charge in [0, 0.05) is 82.5 Å². The summed E-state index contributed by atoms with van der Waals surface area (Å²) in [6.45, 7) is 0. The summed E-state index contributed by atoms with van der Waals surface area (Å²) in [5.74, 6) is 0.695. The highest BCUT2D eigenvalue weighted by Gasteiger charge is 2.25. The Hall–Kier alpha value is -10.3. The quantitative estimate of drug-likeness (QED) is 0.160. The highest BCUT2D eigenvalue weighted by molar-refractivity contribution is 6.28. The van der Waals surface area contributed by atoms with E-state index in [1.165, 1.54) is 59.6 Å². The normalized spacial score (nSPS) is 11.9. The van der Waals surface area contributed by atoms with Crippen LogP contribution in [0.2, 0.25) is 0 Å². The van der Waals surface area contributed by atoms with E-state index in [1.54, 1.807) is 0 Å². The van der Waals surface area contributed by atoms with Gasteiger partial charge in [-0.15, -0.1) is 0 Å². The van der Waals surface area contributed by atoms with Crippen molar-refractivity contribution in [3.05, 3.63) is 267 Å². The molecule has 0 saturated carbocycles. The Morgan fingerprint density at radius 3 is 1.26 bits per heavy atom. The molecule has 16 rings (SSSR count). The highest BCUT2D eigenvalue weighted by atomic mass is 15.0. The molecule has 11 aromatic carbocycles. The van der Waals surface area contributed by atoms with Gasteiger partial charge in [0.05, 0.1) is 55.5 Å². The summed E-state index contributed by atoms with van der Waals surface area (Å²) < 4.78 is 9.86. The van der Waals surface area contributed by atoms with Gasteiger partial charge in [0.15, 0.2) is 5.82 Å². The second-order valence-corrected chi connectivity index (χ2v) is 19.7. The number of rotatable bonds is 7. The monoisotopic (exact) mass is 968 g/mol. The van der Waals surface area contributed by atoms with E-state index in [9.17, 15) is 0 Å². The molecule has 0 saturated heterocycles. The van der Waals surface area contributed by atoms with Gasteiger partial charge in [-0.3, -0.25) is 0 Å². The third kappa shape index (κ3) is 6.28. The first-order valence-electron chi connectivity index (χ1n) is 25.9. The summed E-state index contributed by atoms with van der Waals surface area (Å²) in [4.78, 5) is 10.4. The van der Waals surface area contributed by atoms with E-state index < -0.39 is 0 Å². The van der Waals surface area contributed by atoms with Crippen molar-refractivity contribution >= 4 is 87.2 Å². The summed E-state index contributed by atoms with van der Waals surface area (Å²) in [5.41, 5.74) is 18.5. The van der Waals surface area contributed by atoms with Crippen LogP contribution in [0, 0.1) is 0 Å². The smallest absolute Gasteiger partial charge is 0.160 e. The number of hydrogen-bond acceptors (Lipinski definition) is 2. The average Bonchev–Trinajstić information content (AvgIpc) is 4.38. The summed E-state index contributed by atoms with van der Waals surface area (Å²) in [6, 6.07) is 96.2. The molecule has 0 atom stereocenters. The molecule has 354 valence electrons. The van der Waals surface area contributed by atoms with Crippen LogP contribution in [0.1, 0.15) is 0 Å². The molecule has 0 spiro atoms. The Kier molecular flexibility index (Phi) is 9.23. The SMILES string of the molecule is c1ccc(-c2cc(-c3ccc4c5ccc6c(c7ccccc7n6-c6ccc7c(c6)c6c(ccc8c9ccccc9n(-c9ccccc9)c86)n7-c6ccccc6)c5n(-c5ccccc5)c4c3)nc(-c3ccccc3)n2)cc1. The van der Waals surface area contributed by atoms with E-state index in [2.05, 4.69) is 261 Å². The zero-order chi connectivity index (χ0) is 49.8. The van der Waals surface area contributed by atoms with E-state index in [0.717, 1.165) is 78.4 Å². The summed E-state index contributed by atoms with van der Waals surface area (Å²) in [7, 11) is 0. The predicted octanol–water partition coefficient (Wildman–Crippen LogP) is 17.9. The molecule has 0 aliphatic rings. The molecule has 5 aromatic heterocycles. The Morgan fingerprint density at radius 1 is 0.224 bits per heavy atom. The lowest BCUT2D eigenvalue weighted by Gasteiger charge is -2.12. The molecule has 0 radical (unpaired) electrons. The van der Waals surface area contributed by atoms with Gasteiger partial charge in [-0.25, -0.2) is 9.97 Å². The molecule has 16 aromatic rings. The fraction of sp³-hybridized carbons (Fsp3) is 0. The minimum absolute atomic E-state index is 0.695. The van der Waals surface area contributed by atoms with Gasteiger partial charge in [-0.1, -0.05) is 176 Å². The van der Waals surface area contributed by atoms with Crippen LogP contribution in [0.4, 0.5) is 0 Å². The fourth-order valence-electron chi connectivity index (χ4n) is 12.3. The molecule has 0 bridgehead atoms. The third-order valence-corrected chi connectivity index (χ3v) is 15.5. The molecule has 0 N–H and O–H groups in total. The minimum Gasteiger partial charge on any atom is -0.309 e. The zero-order valence-corrected chi connectivity index (χ0v) is 41.1. The van der Waals surface area contributed by atoms with Gasteiger partial charge in [0.1, 0.15) is 0 Å². The van der Waals surface area contributed by atoms with Crippen LogP contribution in [0.3, 0.4) is 0 Å². The van der Waals surface area contributed by atoms with Crippen molar-refractivity contribution in [1.29, 1.82) is 0 Å². The molecule has 0 amide bonds. The number of aromatic nitrogens is 6. The highest BCUT2D eigenvalue weighted by Crippen LogP contribution is 2.46. The molecule has 0 aliphatic heterocycles. The minimum atomic E-state index is 0.695. The summed E-state index contributed by atoms with van der Waals surface area (Å²) in [6.07, 6.45) is 0. The van der Waals surface area contributed by atoms with E-state index in [1.807, 2.05) is 24.3 Å². The van der Waals surface area contributed by atoms with Crippen LogP contribution < -0.4 is 0 Å². The second-order valence-electron chi connectivity index (χ2n) is 19.7. The van der Waals surface area contributed by atoms with Crippen molar-refractivity contribution in [2.75, 3.05) is 0 Å². The number of benzene rings is 11. The first-order chi connectivity index (χ1) is 37.7. The van der Waals surface area contributed by atoms with Crippen LogP contribution in [-0.4, -0.2) is 28.2 Å². The molecule has 5 heterocycles. The van der Waals surface area contributed by atoms with E-state index in [0.29, 0.717) is 5.82 Å². The van der Waals surface area contributed by atoms with Crippen molar-refractivity contribution in [3.63, 3.8) is 0 Å². The van der Waals surface area contributed by atoms with Gasteiger partial charge in [-0.2, -0.15) is 0 Å². The molecule has 6 nitrogen and oxygen atoms in total. The van der Waals surface area contributed by atoms with Crippen LogP contribution in [0.15, 0.2) is 267 Å². The van der Waals surface area contributed by atoms with Crippen molar-refractivity contribution in [2.24, 2.45) is 0 Å². The van der Waals surface area contributed by atoms with Crippen LogP contribution >= 0.6 is 0 Å². The molecule has 0 unspecified atom stereocenters. The molecular weight excluding hydrogens is 925 g/mol. The standard InChI is InChI=1S/C70H44N6/c1-6-20-45(21-7-1)58-44-59(72-70(71-58)46-22-8-2-9-23-46)47-34-36-53-55-38-40-63-66(68(55)76(65(53)42-47)50-28-14-5-15-29-50)56-31-17-19-33-61(56)74(63)51-35-39-62-57(43-51)67-64(73(62)48-24-10-3-11-25-48)41-37-54-52-30-16-18-32-60(52)75(69(54)67)49-26-12-4-13-27-49/h1-44H. The van der Waals surface area contributed by atoms with Gasteiger partial charge >= 0.3 is 0 Å². The lowest BCUT2D eigenvalue weighted by Crippen LogP contribution is -1.97. The zero-order valence-electron chi connectivity index (χ0n) is 41.1. The van der Waals surface area contributed by atoms with Crippen LogP contribution in [0.25, 0.3) is 144 Å². The Bertz CT molecular complexity index is 4890.